The first kappa shape index (κ1) is 15.6. The smallest absolute Gasteiger partial charge is 0.325 e. The quantitative estimate of drug-likeness (QED) is 0.797. The average molecular weight is 328 g/mol. The standard InChI is InChI=1S/C14H17NO3.BrH/c1-3-18-14(16)10-15-8-4-5-11-9-12(17-2)6-7-13(11)15;/h4-7,9H,3,8,10H2,1-2H3;1H. The molecule has 1 heterocycles. The Balaban J connectivity index is 0.00000180. The van der Waals surface area contributed by atoms with Gasteiger partial charge in [0.15, 0.2) is 0 Å². The number of esters is 1. The Morgan fingerprint density at radius 3 is 2.89 bits per heavy atom. The molecule has 2 rings (SSSR count). The number of rotatable bonds is 4. The fourth-order valence-electron chi connectivity index (χ4n) is 2.00. The van der Waals surface area contributed by atoms with Gasteiger partial charge in [0.25, 0.3) is 0 Å². The Kier molecular flexibility index (Phi) is 5.89. The minimum absolute atomic E-state index is 0. The molecule has 0 aliphatic carbocycles. The molecule has 0 N–H and O–H groups in total. The van der Waals surface area contributed by atoms with Crippen LogP contribution >= 0.6 is 17.0 Å². The molecule has 0 atom stereocenters. The molecule has 104 valence electrons. The number of fused-ring (bicyclic) bond motifs is 1. The fraction of sp³-hybridized carbons (Fsp3) is 0.357. The Labute approximate surface area is 123 Å². The molecule has 5 heteroatoms. The SMILES string of the molecule is Br.CCOC(=O)CN1CC=Cc2cc(OC)ccc21. The number of methoxy groups -OCH3 is 1. The van der Waals surface area contributed by atoms with Crippen molar-refractivity contribution < 1.29 is 14.3 Å². The number of carbonyl (C=O) groups is 1. The largest absolute Gasteiger partial charge is 0.497 e. The molecular weight excluding hydrogens is 310 g/mol. The molecule has 1 aliphatic heterocycles. The van der Waals surface area contributed by atoms with Crippen molar-refractivity contribution in [2.45, 2.75) is 6.92 Å². The number of halogens is 1. The minimum Gasteiger partial charge on any atom is -0.497 e. The molecule has 4 nitrogen and oxygen atoms in total. The molecule has 0 radical (unpaired) electrons. The third-order valence-electron chi connectivity index (χ3n) is 2.82. The second-order valence-electron chi connectivity index (χ2n) is 4.01. The lowest BCUT2D eigenvalue weighted by molar-refractivity contribution is -0.141. The number of anilines is 1. The van der Waals surface area contributed by atoms with Crippen LogP contribution in [0.1, 0.15) is 12.5 Å². The zero-order valence-electron chi connectivity index (χ0n) is 11.1. The van der Waals surface area contributed by atoms with Gasteiger partial charge in [-0.25, -0.2) is 0 Å². The van der Waals surface area contributed by atoms with E-state index in [-0.39, 0.29) is 29.5 Å². The summed E-state index contributed by atoms with van der Waals surface area (Å²) in [7, 11) is 1.64. The number of hydrogen-bond acceptors (Lipinski definition) is 4. The molecule has 0 fully saturated rings. The summed E-state index contributed by atoms with van der Waals surface area (Å²) in [6, 6.07) is 5.83. The maximum Gasteiger partial charge on any atom is 0.325 e. The zero-order valence-corrected chi connectivity index (χ0v) is 12.8. The Morgan fingerprint density at radius 1 is 1.42 bits per heavy atom. The van der Waals surface area contributed by atoms with Crippen LogP contribution in [0.4, 0.5) is 5.69 Å². The minimum atomic E-state index is -0.199. The summed E-state index contributed by atoms with van der Waals surface area (Å²) in [4.78, 5) is 13.5. The molecule has 0 aromatic heterocycles. The molecule has 1 aliphatic rings. The Bertz CT molecular complexity index is 474. The lowest BCUT2D eigenvalue weighted by atomic mass is 10.1. The normalized spacial score (nSPS) is 12.4. The summed E-state index contributed by atoms with van der Waals surface area (Å²) in [6.07, 6.45) is 4.07. The summed E-state index contributed by atoms with van der Waals surface area (Å²) in [5.41, 5.74) is 2.09. The van der Waals surface area contributed by atoms with E-state index < -0.39 is 0 Å². The first-order valence-corrected chi connectivity index (χ1v) is 5.99. The lowest BCUT2D eigenvalue weighted by Crippen LogP contribution is -2.32. The molecular formula is C14H18BrNO3. The van der Waals surface area contributed by atoms with Gasteiger partial charge in [-0.15, -0.1) is 17.0 Å². The first-order valence-electron chi connectivity index (χ1n) is 5.99. The van der Waals surface area contributed by atoms with Gasteiger partial charge in [0.1, 0.15) is 12.3 Å². The maximum atomic E-state index is 11.5. The summed E-state index contributed by atoms with van der Waals surface area (Å²) in [5.74, 6) is 0.617. The van der Waals surface area contributed by atoms with Gasteiger partial charge in [-0.2, -0.15) is 0 Å². The van der Waals surface area contributed by atoms with Gasteiger partial charge >= 0.3 is 5.97 Å². The van der Waals surface area contributed by atoms with E-state index in [1.54, 1.807) is 7.11 Å². The van der Waals surface area contributed by atoms with Gasteiger partial charge < -0.3 is 14.4 Å². The zero-order chi connectivity index (χ0) is 13.0. The highest BCUT2D eigenvalue weighted by molar-refractivity contribution is 8.93. The molecule has 0 saturated carbocycles. The van der Waals surface area contributed by atoms with Gasteiger partial charge in [-0.05, 0) is 25.1 Å². The average Bonchev–Trinajstić information content (AvgIpc) is 2.38. The molecule has 19 heavy (non-hydrogen) atoms. The van der Waals surface area contributed by atoms with Crippen LogP contribution in [0, 0.1) is 0 Å². The molecule has 0 unspecified atom stereocenters. The molecule has 0 spiro atoms. The predicted octanol–water partition coefficient (Wildman–Crippen LogP) is 2.67. The van der Waals surface area contributed by atoms with Crippen molar-refractivity contribution >= 4 is 34.7 Å². The second kappa shape index (κ2) is 7.19. The highest BCUT2D eigenvalue weighted by Gasteiger charge is 2.17. The van der Waals surface area contributed by atoms with Crippen molar-refractivity contribution in [1.82, 2.24) is 0 Å². The van der Waals surface area contributed by atoms with Crippen molar-refractivity contribution in [2.75, 3.05) is 31.7 Å². The van der Waals surface area contributed by atoms with Crippen molar-refractivity contribution in [3.63, 3.8) is 0 Å². The van der Waals surface area contributed by atoms with E-state index in [2.05, 4.69) is 0 Å². The van der Waals surface area contributed by atoms with Crippen LogP contribution in [-0.4, -0.2) is 32.8 Å². The van der Waals surface area contributed by atoms with Gasteiger partial charge in [0.2, 0.25) is 0 Å². The summed E-state index contributed by atoms with van der Waals surface area (Å²) < 4.78 is 10.2. The van der Waals surface area contributed by atoms with E-state index >= 15 is 0 Å². The van der Waals surface area contributed by atoms with Crippen LogP contribution in [0.15, 0.2) is 24.3 Å². The van der Waals surface area contributed by atoms with E-state index in [1.807, 2.05) is 42.2 Å². The number of benzene rings is 1. The second-order valence-corrected chi connectivity index (χ2v) is 4.01. The summed E-state index contributed by atoms with van der Waals surface area (Å²) in [6.45, 7) is 3.22. The van der Waals surface area contributed by atoms with Gasteiger partial charge in [0.05, 0.1) is 13.7 Å². The molecule has 0 saturated heterocycles. The monoisotopic (exact) mass is 327 g/mol. The highest BCUT2D eigenvalue weighted by atomic mass is 79.9. The van der Waals surface area contributed by atoms with Crippen LogP contribution < -0.4 is 9.64 Å². The van der Waals surface area contributed by atoms with Crippen molar-refractivity contribution in [3.05, 3.63) is 29.8 Å². The van der Waals surface area contributed by atoms with Crippen LogP contribution in [0.25, 0.3) is 6.08 Å². The summed E-state index contributed by atoms with van der Waals surface area (Å²) in [5, 5.41) is 0. The van der Waals surface area contributed by atoms with Crippen molar-refractivity contribution in [3.8, 4) is 5.75 Å². The third-order valence-corrected chi connectivity index (χ3v) is 2.82. The van der Waals surface area contributed by atoms with Crippen LogP contribution in [-0.2, 0) is 9.53 Å². The highest BCUT2D eigenvalue weighted by Crippen LogP contribution is 2.29. The Hall–Kier alpha value is -1.49. The number of hydrogen-bond donors (Lipinski definition) is 0. The third kappa shape index (κ3) is 3.73. The van der Waals surface area contributed by atoms with Gasteiger partial charge in [-0.1, -0.05) is 12.2 Å². The summed E-state index contributed by atoms with van der Waals surface area (Å²) >= 11 is 0. The number of carbonyl (C=O) groups excluding carboxylic acids is 1. The van der Waals surface area contributed by atoms with Crippen molar-refractivity contribution in [2.24, 2.45) is 0 Å². The molecule has 0 amide bonds. The van der Waals surface area contributed by atoms with E-state index in [0.717, 1.165) is 23.5 Å². The fourth-order valence-corrected chi connectivity index (χ4v) is 2.00. The van der Waals surface area contributed by atoms with Gasteiger partial charge in [0, 0.05) is 17.8 Å². The number of ether oxygens (including phenoxy) is 2. The number of nitrogens with zero attached hydrogens (tertiary/aromatic N) is 1. The molecule has 0 bridgehead atoms. The van der Waals surface area contributed by atoms with E-state index in [0.29, 0.717) is 6.61 Å². The predicted molar refractivity (Wildman–Crippen MR) is 81.2 cm³/mol. The topological polar surface area (TPSA) is 38.8 Å². The molecule has 1 aromatic carbocycles. The lowest BCUT2D eigenvalue weighted by Gasteiger charge is -2.27. The van der Waals surface area contributed by atoms with E-state index in [4.69, 9.17) is 9.47 Å². The van der Waals surface area contributed by atoms with E-state index in [1.165, 1.54) is 0 Å². The Morgan fingerprint density at radius 2 is 2.21 bits per heavy atom. The van der Waals surface area contributed by atoms with Crippen LogP contribution in [0.3, 0.4) is 0 Å². The van der Waals surface area contributed by atoms with E-state index in [9.17, 15) is 4.79 Å². The van der Waals surface area contributed by atoms with Crippen LogP contribution in [0.5, 0.6) is 5.75 Å². The van der Waals surface area contributed by atoms with Crippen LogP contribution in [0.2, 0.25) is 0 Å². The van der Waals surface area contributed by atoms with Crippen molar-refractivity contribution in [1.29, 1.82) is 0 Å². The van der Waals surface area contributed by atoms with Gasteiger partial charge in [-0.3, -0.25) is 4.79 Å². The first-order chi connectivity index (χ1) is 8.74. The molecule has 1 aromatic rings. The maximum absolute atomic E-state index is 11.5.